The van der Waals surface area contributed by atoms with Crippen LogP contribution in [0.3, 0.4) is 0 Å². The minimum atomic E-state index is -0.495. The van der Waals surface area contributed by atoms with Crippen molar-refractivity contribution in [2.75, 3.05) is 32.7 Å². The van der Waals surface area contributed by atoms with Crippen LogP contribution < -0.4 is 0 Å². The highest BCUT2D eigenvalue weighted by Gasteiger charge is 2.25. The summed E-state index contributed by atoms with van der Waals surface area (Å²) in [7, 11) is 0. The van der Waals surface area contributed by atoms with Crippen molar-refractivity contribution in [3.63, 3.8) is 0 Å². The molecule has 5 heteroatoms. The van der Waals surface area contributed by atoms with Gasteiger partial charge in [0.1, 0.15) is 5.82 Å². The molecule has 0 saturated carbocycles. The van der Waals surface area contributed by atoms with Crippen molar-refractivity contribution < 1.29 is 9.18 Å². The van der Waals surface area contributed by atoms with Crippen LogP contribution in [0.2, 0.25) is 0 Å². The number of hydrogen-bond acceptors (Lipinski definition) is 2. The first-order chi connectivity index (χ1) is 9.13. The summed E-state index contributed by atoms with van der Waals surface area (Å²) in [6.07, 6.45) is 5.26. The minimum absolute atomic E-state index is 0.105. The number of nitrogens with zero attached hydrogens (tertiary/aromatic N) is 2. The number of benzene rings is 1. The Bertz CT molecular complexity index is 498. The third-order valence-electron chi connectivity index (χ3n) is 3.15. The Hall–Kier alpha value is -1.38. The first kappa shape index (κ1) is 14.0. The van der Waals surface area contributed by atoms with Crippen molar-refractivity contribution in [1.29, 1.82) is 0 Å². The highest BCUT2D eigenvalue weighted by Crippen LogP contribution is 2.22. The van der Waals surface area contributed by atoms with Crippen LogP contribution in [-0.2, 0) is 0 Å². The molecular weight excluding hydrogens is 311 g/mol. The van der Waals surface area contributed by atoms with Crippen LogP contribution in [0.5, 0.6) is 0 Å². The number of amides is 1. The fourth-order valence-electron chi connectivity index (χ4n) is 2.10. The zero-order chi connectivity index (χ0) is 13.8. The van der Waals surface area contributed by atoms with Crippen molar-refractivity contribution in [3.8, 4) is 12.3 Å². The normalized spacial score (nSPS) is 16.2. The molecule has 0 aliphatic carbocycles. The number of hydrogen-bond donors (Lipinski definition) is 0. The van der Waals surface area contributed by atoms with E-state index in [1.54, 1.807) is 17.0 Å². The SMILES string of the molecule is C#CCN1CCN(C(=O)c2c(F)cccc2Br)CC1. The van der Waals surface area contributed by atoms with E-state index in [0.29, 0.717) is 24.1 Å². The van der Waals surface area contributed by atoms with Gasteiger partial charge in [0.2, 0.25) is 0 Å². The number of terminal acetylenes is 1. The average molecular weight is 325 g/mol. The van der Waals surface area contributed by atoms with Gasteiger partial charge in [0.15, 0.2) is 0 Å². The van der Waals surface area contributed by atoms with Gasteiger partial charge in [0, 0.05) is 30.7 Å². The maximum Gasteiger partial charge on any atom is 0.258 e. The molecule has 1 heterocycles. The van der Waals surface area contributed by atoms with Gasteiger partial charge in [0.05, 0.1) is 12.1 Å². The van der Waals surface area contributed by atoms with Crippen LogP contribution in [0.25, 0.3) is 0 Å². The Morgan fingerprint density at radius 1 is 1.37 bits per heavy atom. The third kappa shape index (κ3) is 3.14. The molecule has 1 saturated heterocycles. The van der Waals surface area contributed by atoms with E-state index >= 15 is 0 Å². The van der Waals surface area contributed by atoms with E-state index in [9.17, 15) is 9.18 Å². The number of piperazine rings is 1. The second kappa shape index (κ2) is 6.18. The van der Waals surface area contributed by atoms with E-state index in [0.717, 1.165) is 13.1 Å². The summed E-state index contributed by atoms with van der Waals surface area (Å²) in [5, 5.41) is 0. The van der Waals surface area contributed by atoms with Crippen molar-refractivity contribution in [3.05, 3.63) is 34.1 Å². The van der Waals surface area contributed by atoms with E-state index in [-0.39, 0.29) is 11.5 Å². The topological polar surface area (TPSA) is 23.6 Å². The fraction of sp³-hybridized carbons (Fsp3) is 0.357. The van der Waals surface area contributed by atoms with Crippen molar-refractivity contribution in [2.24, 2.45) is 0 Å². The summed E-state index contributed by atoms with van der Waals surface area (Å²) in [6.45, 7) is 3.18. The van der Waals surface area contributed by atoms with Crippen LogP contribution in [0.1, 0.15) is 10.4 Å². The van der Waals surface area contributed by atoms with Crippen LogP contribution in [0.4, 0.5) is 4.39 Å². The summed E-state index contributed by atoms with van der Waals surface area (Å²) >= 11 is 3.23. The summed E-state index contributed by atoms with van der Waals surface area (Å²) < 4.78 is 14.2. The number of carbonyl (C=O) groups is 1. The molecular formula is C14H14BrFN2O. The van der Waals surface area contributed by atoms with Crippen molar-refractivity contribution in [2.45, 2.75) is 0 Å². The number of carbonyl (C=O) groups excluding carboxylic acids is 1. The predicted molar refractivity (Wildman–Crippen MR) is 75.3 cm³/mol. The third-order valence-corrected chi connectivity index (χ3v) is 3.81. The second-order valence-electron chi connectivity index (χ2n) is 4.37. The lowest BCUT2D eigenvalue weighted by Crippen LogP contribution is -2.48. The van der Waals surface area contributed by atoms with Crippen LogP contribution in [-0.4, -0.2) is 48.4 Å². The molecule has 1 amide bonds. The lowest BCUT2D eigenvalue weighted by molar-refractivity contribution is 0.0646. The zero-order valence-electron chi connectivity index (χ0n) is 10.4. The summed E-state index contributed by atoms with van der Waals surface area (Å²) in [5.74, 6) is 1.82. The molecule has 3 nitrogen and oxygen atoms in total. The van der Waals surface area contributed by atoms with E-state index in [1.165, 1.54) is 6.07 Å². The van der Waals surface area contributed by atoms with Crippen molar-refractivity contribution in [1.82, 2.24) is 9.80 Å². The van der Waals surface area contributed by atoms with E-state index in [1.807, 2.05) is 0 Å². The van der Waals surface area contributed by atoms with Gasteiger partial charge in [-0.3, -0.25) is 9.69 Å². The number of rotatable bonds is 2. The average Bonchev–Trinajstić information content (AvgIpc) is 2.39. The molecule has 2 rings (SSSR count). The Kier molecular flexibility index (Phi) is 4.56. The molecule has 0 atom stereocenters. The van der Waals surface area contributed by atoms with Crippen LogP contribution >= 0.6 is 15.9 Å². The molecule has 0 bridgehead atoms. The van der Waals surface area contributed by atoms with E-state index in [4.69, 9.17) is 6.42 Å². The highest BCUT2D eigenvalue weighted by atomic mass is 79.9. The van der Waals surface area contributed by atoms with Gasteiger partial charge >= 0.3 is 0 Å². The monoisotopic (exact) mass is 324 g/mol. The van der Waals surface area contributed by atoms with Gasteiger partial charge in [0.25, 0.3) is 5.91 Å². The highest BCUT2D eigenvalue weighted by molar-refractivity contribution is 9.10. The molecule has 1 fully saturated rings. The first-order valence-corrected chi connectivity index (χ1v) is 6.82. The molecule has 1 aliphatic rings. The molecule has 100 valence electrons. The van der Waals surface area contributed by atoms with Gasteiger partial charge in [-0.05, 0) is 28.1 Å². The molecule has 0 spiro atoms. The quantitative estimate of drug-likeness (QED) is 0.777. The second-order valence-corrected chi connectivity index (χ2v) is 5.22. The maximum atomic E-state index is 13.7. The van der Waals surface area contributed by atoms with Gasteiger partial charge < -0.3 is 4.90 Å². The first-order valence-electron chi connectivity index (χ1n) is 6.02. The minimum Gasteiger partial charge on any atom is -0.336 e. The van der Waals surface area contributed by atoms with Gasteiger partial charge in [-0.15, -0.1) is 6.42 Å². The summed E-state index contributed by atoms with van der Waals surface area (Å²) in [6, 6.07) is 4.54. The van der Waals surface area contributed by atoms with Gasteiger partial charge in [-0.2, -0.15) is 0 Å². The predicted octanol–water partition coefficient (Wildman–Crippen LogP) is 1.98. The molecule has 0 unspecified atom stereocenters. The van der Waals surface area contributed by atoms with Crippen molar-refractivity contribution >= 4 is 21.8 Å². The summed E-state index contributed by atoms with van der Waals surface area (Å²) in [4.78, 5) is 16.1. The molecule has 1 aromatic rings. The molecule has 0 aromatic heterocycles. The number of halogens is 2. The largest absolute Gasteiger partial charge is 0.336 e. The lowest BCUT2D eigenvalue weighted by atomic mass is 10.1. The Morgan fingerprint density at radius 2 is 2.05 bits per heavy atom. The maximum absolute atomic E-state index is 13.7. The molecule has 1 aromatic carbocycles. The van der Waals surface area contributed by atoms with Crippen LogP contribution in [0, 0.1) is 18.2 Å². The zero-order valence-corrected chi connectivity index (χ0v) is 12.0. The Labute approximate surface area is 120 Å². The lowest BCUT2D eigenvalue weighted by Gasteiger charge is -2.33. The Balaban J connectivity index is 2.08. The Morgan fingerprint density at radius 3 is 2.63 bits per heavy atom. The summed E-state index contributed by atoms with van der Waals surface area (Å²) in [5.41, 5.74) is 0.105. The van der Waals surface area contributed by atoms with E-state index < -0.39 is 5.82 Å². The molecule has 1 aliphatic heterocycles. The standard InChI is InChI=1S/C14H14BrFN2O/c1-2-6-17-7-9-18(10-8-17)14(19)13-11(15)4-3-5-12(13)16/h1,3-5H,6-10H2. The fourth-order valence-corrected chi connectivity index (χ4v) is 2.61. The van der Waals surface area contributed by atoms with Gasteiger partial charge in [-0.1, -0.05) is 12.0 Å². The van der Waals surface area contributed by atoms with Crippen LogP contribution in [0.15, 0.2) is 22.7 Å². The van der Waals surface area contributed by atoms with E-state index in [2.05, 4.69) is 26.8 Å². The smallest absolute Gasteiger partial charge is 0.258 e. The molecule has 19 heavy (non-hydrogen) atoms. The molecule has 0 radical (unpaired) electrons. The van der Waals surface area contributed by atoms with Gasteiger partial charge in [-0.25, -0.2) is 4.39 Å². The molecule has 0 N–H and O–H groups in total.